The lowest BCUT2D eigenvalue weighted by molar-refractivity contribution is -0.173. The summed E-state index contributed by atoms with van der Waals surface area (Å²) in [6.45, 7) is -1.55. The standard InChI is InChI=1S/C10H16F3N3O4S/c1-21(17,18)5-3-7(14)9-15-8(16-20-9)2-4-19-6-10(11,12)13/h7H,2-6,14H2,1H3. The lowest BCUT2D eigenvalue weighted by atomic mass is 10.2. The first kappa shape index (κ1) is 17.9. The Balaban J connectivity index is 2.39. The molecule has 0 radical (unpaired) electrons. The van der Waals surface area contributed by atoms with E-state index >= 15 is 0 Å². The van der Waals surface area contributed by atoms with E-state index in [1.807, 2.05) is 0 Å². The normalized spacial score (nSPS) is 14.3. The lowest BCUT2D eigenvalue weighted by Gasteiger charge is -2.06. The molecule has 1 heterocycles. The summed E-state index contributed by atoms with van der Waals surface area (Å²) < 4.78 is 66.7. The molecule has 1 aromatic heterocycles. The largest absolute Gasteiger partial charge is 0.411 e. The Bertz CT molecular complexity index is 544. The van der Waals surface area contributed by atoms with Crippen molar-refractivity contribution in [3.05, 3.63) is 11.7 Å². The molecule has 21 heavy (non-hydrogen) atoms. The second kappa shape index (κ2) is 7.18. The van der Waals surface area contributed by atoms with Gasteiger partial charge in [0.25, 0.3) is 0 Å². The molecule has 2 N–H and O–H groups in total. The van der Waals surface area contributed by atoms with Crippen LogP contribution in [0.25, 0.3) is 0 Å². The molecule has 7 nitrogen and oxygen atoms in total. The average Bonchev–Trinajstić information content (AvgIpc) is 2.78. The third-order valence-corrected chi connectivity index (χ3v) is 3.31. The van der Waals surface area contributed by atoms with Crippen molar-refractivity contribution in [1.82, 2.24) is 10.1 Å². The molecule has 0 aliphatic heterocycles. The molecule has 11 heteroatoms. The van der Waals surface area contributed by atoms with Gasteiger partial charge in [-0.15, -0.1) is 0 Å². The Morgan fingerprint density at radius 3 is 2.67 bits per heavy atom. The van der Waals surface area contributed by atoms with Gasteiger partial charge in [-0.2, -0.15) is 18.2 Å². The summed E-state index contributed by atoms with van der Waals surface area (Å²) >= 11 is 0. The predicted molar refractivity (Wildman–Crippen MR) is 66.1 cm³/mol. The van der Waals surface area contributed by atoms with Crippen LogP contribution in [0.1, 0.15) is 24.2 Å². The quantitative estimate of drug-likeness (QED) is 0.696. The topological polar surface area (TPSA) is 108 Å². The fraction of sp³-hybridized carbons (Fsp3) is 0.800. The second-order valence-corrected chi connectivity index (χ2v) is 6.75. The molecule has 0 spiro atoms. The summed E-state index contributed by atoms with van der Waals surface area (Å²) in [6.07, 6.45) is -3.14. The fourth-order valence-corrected chi connectivity index (χ4v) is 2.02. The molecule has 0 bridgehead atoms. The summed E-state index contributed by atoms with van der Waals surface area (Å²) in [5.74, 6) is 0.0760. The third-order valence-electron chi connectivity index (χ3n) is 2.34. The first-order valence-electron chi connectivity index (χ1n) is 5.97. The van der Waals surface area contributed by atoms with Crippen LogP contribution in [0.5, 0.6) is 0 Å². The number of nitrogens with two attached hydrogens (primary N) is 1. The van der Waals surface area contributed by atoms with E-state index in [9.17, 15) is 21.6 Å². The van der Waals surface area contributed by atoms with Gasteiger partial charge in [-0.3, -0.25) is 0 Å². The van der Waals surface area contributed by atoms with E-state index in [4.69, 9.17) is 10.3 Å². The van der Waals surface area contributed by atoms with Crippen molar-refractivity contribution >= 4 is 9.84 Å². The van der Waals surface area contributed by atoms with Gasteiger partial charge < -0.3 is 15.0 Å². The summed E-state index contributed by atoms with van der Waals surface area (Å²) in [4.78, 5) is 3.89. The molecule has 1 atom stereocenters. The highest BCUT2D eigenvalue weighted by atomic mass is 32.2. The van der Waals surface area contributed by atoms with Crippen LogP contribution in [0.15, 0.2) is 4.52 Å². The molecule has 0 aliphatic rings. The van der Waals surface area contributed by atoms with Gasteiger partial charge in [0.05, 0.1) is 18.4 Å². The highest BCUT2D eigenvalue weighted by molar-refractivity contribution is 7.90. The number of ether oxygens (including phenoxy) is 1. The zero-order valence-corrected chi connectivity index (χ0v) is 12.1. The van der Waals surface area contributed by atoms with E-state index < -0.39 is 28.7 Å². The summed E-state index contributed by atoms with van der Waals surface area (Å²) in [7, 11) is -3.15. The van der Waals surface area contributed by atoms with E-state index in [-0.39, 0.29) is 36.9 Å². The van der Waals surface area contributed by atoms with Crippen LogP contribution in [-0.4, -0.2) is 50.0 Å². The molecule has 1 aromatic rings. The Morgan fingerprint density at radius 1 is 1.43 bits per heavy atom. The van der Waals surface area contributed by atoms with Crippen LogP contribution < -0.4 is 5.73 Å². The van der Waals surface area contributed by atoms with Gasteiger partial charge in [0.1, 0.15) is 16.4 Å². The monoisotopic (exact) mass is 331 g/mol. The van der Waals surface area contributed by atoms with E-state index in [1.54, 1.807) is 0 Å². The number of aromatic nitrogens is 2. The molecule has 0 amide bonds. The van der Waals surface area contributed by atoms with Crippen molar-refractivity contribution in [2.45, 2.75) is 25.1 Å². The van der Waals surface area contributed by atoms with Crippen LogP contribution in [0.4, 0.5) is 13.2 Å². The Morgan fingerprint density at radius 2 is 2.10 bits per heavy atom. The molecule has 122 valence electrons. The van der Waals surface area contributed by atoms with Crippen LogP contribution in [0.3, 0.4) is 0 Å². The van der Waals surface area contributed by atoms with Crippen LogP contribution in [-0.2, 0) is 21.0 Å². The molecule has 1 rings (SSSR count). The van der Waals surface area contributed by atoms with E-state index in [0.29, 0.717) is 0 Å². The first-order valence-corrected chi connectivity index (χ1v) is 8.03. The minimum Gasteiger partial charge on any atom is -0.372 e. The molecule has 0 saturated carbocycles. The second-order valence-electron chi connectivity index (χ2n) is 4.49. The van der Waals surface area contributed by atoms with Crippen LogP contribution >= 0.6 is 0 Å². The highest BCUT2D eigenvalue weighted by Gasteiger charge is 2.27. The number of sulfone groups is 1. The Labute approximate surface area is 119 Å². The van der Waals surface area contributed by atoms with Crippen molar-refractivity contribution in [1.29, 1.82) is 0 Å². The molecule has 0 fully saturated rings. The SMILES string of the molecule is CS(=O)(=O)CCC(N)c1nc(CCOCC(F)(F)F)no1. The maximum Gasteiger partial charge on any atom is 0.411 e. The van der Waals surface area contributed by atoms with Gasteiger partial charge in [-0.05, 0) is 6.42 Å². The maximum absolute atomic E-state index is 11.8. The zero-order chi connectivity index (χ0) is 16.1. The summed E-state index contributed by atoms with van der Waals surface area (Å²) in [6, 6.07) is -0.739. The van der Waals surface area contributed by atoms with E-state index in [1.165, 1.54) is 0 Å². The predicted octanol–water partition coefficient (Wildman–Crippen LogP) is 0.626. The van der Waals surface area contributed by atoms with Crippen molar-refractivity contribution < 1.29 is 30.8 Å². The van der Waals surface area contributed by atoms with E-state index in [0.717, 1.165) is 6.26 Å². The molecule has 0 aliphatic carbocycles. The van der Waals surface area contributed by atoms with Gasteiger partial charge in [-0.25, -0.2) is 8.42 Å². The number of rotatable bonds is 8. The highest BCUT2D eigenvalue weighted by Crippen LogP contribution is 2.15. The zero-order valence-electron chi connectivity index (χ0n) is 11.3. The first-order chi connectivity index (χ1) is 9.57. The average molecular weight is 331 g/mol. The van der Waals surface area contributed by atoms with Crippen LogP contribution in [0, 0.1) is 0 Å². The number of halogens is 3. The number of hydrogen-bond acceptors (Lipinski definition) is 7. The Hall–Kier alpha value is -1.20. The van der Waals surface area contributed by atoms with Gasteiger partial charge in [0, 0.05) is 12.7 Å². The van der Waals surface area contributed by atoms with Gasteiger partial charge in [0.2, 0.25) is 5.89 Å². The van der Waals surface area contributed by atoms with Gasteiger partial charge in [-0.1, -0.05) is 5.16 Å². The lowest BCUT2D eigenvalue weighted by Crippen LogP contribution is -2.18. The molecule has 0 saturated heterocycles. The molecule has 1 unspecified atom stereocenters. The van der Waals surface area contributed by atoms with Crippen molar-refractivity contribution in [3.63, 3.8) is 0 Å². The third kappa shape index (κ3) is 7.97. The van der Waals surface area contributed by atoms with Crippen LogP contribution in [0.2, 0.25) is 0 Å². The molecular formula is C10H16F3N3O4S. The summed E-state index contributed by atoms with van der Waals surface area (Å²) in [5.41, 5.74) is 5.69. The van der Waals surface area contributed by atoms with Gasteiger partial charge in [0.15, 0.2) is 5.82 Å². The van der Waals surface area contributed by atoms with Crippen molar-refractivity contribution in [2.75, 3.05) is 25.2 Å². The molecular weight excluding hydrogens is 315 g/mol. The fourth-order valence-electron chi connectivity index (χ4n) is 1.34. The summed E-state index contributed by atoms with van der Waals surface area (Å²) in [5, 5.41) is 3.54. The van der Waals surface area contributed by atoms with Gasteiger partial charge >= 0.3 is 6.18 Å². The number of alkyl halides is 3. The molecule has 0 aromatic carbocycles. The van der Waals surface area contributed by atoms with E-state index in [2.05, 4.69) is 14.9 Å². The number of hydrogen-bond donors (Lipinski definition) is 1. The minimum atomic E-state index is -4.38. The Kier molecular flexibility index (Phi) is 6.10. The van der Waals surface area contributed by atoms with Crippen molar-refractivity contribution in [3.8, 4) is 0 Å². The van der Waals surface area contributed by atoms with Crippen molar-refractivity contribution in [2.24, 2.45) is 5.73 Å². The smallest absolute Gasteiger partial charge is 0.372 e. The minimum absolute atomic E-state index is 0.0401. The maximum atomic E-state index is 11.8. The number of nitrogens with zero attached hydrogens (tertiary/aromatic N) is 2.